The van der Waals surface area contributed by atoms with Crippen LogP contribution in [0, 0.1) is 5.92 Å². The summed E-state index contributed by atoms with van der Waals surface area (Å²) >= 11 is 1.88. The Balaban J connectivity index is 2.11. The Bertz CT molecular complexity index is 261. The van der Waals surface area contributed by atoms with E-state index in [0.717, 1.165) is 12.8 Å². The number of aliphatic hydroxyl groups excluding tert-OH is 1. The molecular formula is C13H26N2O2S. The molecule has 0 spiro atoms. The molecule has 1 saturated carbocycles. The van der Waals surface area contributed by atoms with Gasteiger partial charge in [-0.2, -0.15) is 11.8 Å². The van der Waals surface area contributed by atoms with Crippen molar-refractivity contribution in [1.29, 1.82) is 0 Å². The Kier molecular flexibility index (Phi) is 6.86. The van der Waals surface area contributed by atoms with Crippen LogP contribution in [-0.2, 0) is 0 Å². The first-order chi connectivity index (χ1) is 8.52. The lowest BCUT2D eigenvalue weighted by atomic mass is 10.0. The summed E-state index contributed by atoms with van der Waals surface area (Å²) in [6.07, 6.45) is 5.75. The van der Waals surface area contributed by atoms with Crippen LogP contribution in [0.1, 0.15) is 39.5 Å². The van der Waals surface area contributed by atoms with Crippen LogP contribution in [0.15, 0.2) is 0 Å². The van der Waals surface area contributed by atoms with Crippen LogP contribution in [0.3, 0.4) is 0 Å². The Morgan fingerprint density at radius 3 is 2.72 bits per heavy atom. The van der Waals surface area contributed by atoms with E-state index in [2.05, 4.69) is 16.9 Å². The molecule has 0 aliphatic heterocycles. The van der Waals surface area contributed by atoms with Crippen LogP contribution in [0.2, 0.25) is 0 Å². The highest BCUT2D eigenvalue weighted by Crippen LogP contribution is 2.27. The fourth-order valence-electron chi connectivity index (χ4n) is 2.19. The third kappa shape index (κ3) is 5.48. The first-order valence-corrected chi connectivity index (χ1v) is 8.07. The monoisotopic (exact) mass is 274 g/mol. The van der Waals surface area contributed by atoms with Gasteiger partial charge in [-0.15, -0.1) is 0 Å². The van der Waals surface area contributed by atoms with Gasteiger partial charge < -0.3 is 15.7 Å². The quantitative estimate of drug-likeness (QED) is 0.694. The second kappa shape index (κ2) is 7.89. The van der Waals surface area contributed by atoms with Crippen LogP contribution >= 0.6 is 11.8 Å². The molecule has 3 N–H and O–H groups in total. The summed E-state index contributed by atoms with van der Waals surface area (Å²) in [5, 5.41) is 16.1. The normalized spacial score (nSPS) is 25.2. The van der Waals surface area contributed by atoms with E-state index in [0.29, 0.717) is 24.3 Å². The number of carbonyl (C=O) groups is 1. The van der Waals surface area contributed by atoms with Gasteiger partial charge in [-0.25, -0.2) is 4.79 Å². The number of amides is 2. The van der Waals surface area contributed by atoms with E-state index >= 15 is 0 Å². The van der Waals surface area contributed by atoms with Gasteiger partial charge in [-0.05, 0) is 37.9 Å². The standard InChI is InChI=1S/C13H26N2O2S/c1-9(2)12(16)6-7-14-13(17)15-10-4-5-11(8-10)18-3/h9-12,16H,4-8H2,1-3H3,(H2,14,15,17). The Labute approximate surface area is 114 Å². The largest absolute Gasteiger partial charge is 0.393 e. The summed E-state index contributed by atoms with van der Waals surface area (Å²) in [4.78, 5) is 11.6. The van der Waals surface area contributed by atoms with Gasteiger partial charge in [0.1, 0.15) is 0 Å². The Hall–Kier alpha value is -0.420. The molecule has 0 bridgehead atoms. The van der Waals surface area contributed by atoms with Crippen molar-refractivity contribution in [3.05, 3.63) is 0 Å². The maximum atomic E-state index is 11.6. The summed E-state index contributed by atoms with van der Waals surface area (Å²) in [5.41, 5.74) is 0. The number of hydrogen-bond acceptors (Lipinski definition) is 3. The minimum Gasteiger partial charge on any atom is -0.393 e. The number of carbonyl (C=O) groups excluding carboxylic acids is 1. The van der Waals surface area contributed by atoms with Gasteiger partial charge in [0, 0.05) is 17.8 Å². The van der Waals surface area contributed by atoms with Crippen LogP contribution in [0.4, 0.5) is 4.79 Å². The van der Waals surface area contributed by atoms with Gasteiger partial charge in [0.15, 0.2) is 0 Å². The summed E-state index contributed by atoms with van der Waals surface area (Å²) < 4.78 is 0. The average molecular weight is 274 g/mol. The topological polar surface area (TPSA) is 61.4 Å². The smallest absolute Gasteiger partial charge is 0.315 e. The number of aliphatic hydroxyl groups is 1. The zero-order valence-corrected chi connectivity index (χ0v) is 12.4. The predicted octanol–water partition coefficient (Wildman–Crippen LogP) is 1.98. The predicted molar refractivity (Wildman–Crippen MR) is 76.9 cm³/mol. The zero-order chi connectivity index (χ0) is 13.5. The molecule has 1 aliphatic rings. The second-order valence-corrected chi connectivity index (χ2v) is 6.51. The molecule has 0 radical (unpaired) electrons. The van der Waals surface area contributed by atoms with E-state index in [1.807, 2.05) is 25.6 Å². The number of nitrogens with one attached hydrogen (secondary N) is 2. The van der Waals surface area contributed by atoms with Crippen molar-refractivity contribution in [2.24, 2.45) is 5.92 Å². The van der Waals surface area contributed by atoms with Gasteiger partial charge in [-0.3, -0.25) is 0 Å². The van der Waals surface area contributed by atoms with Gasteiger partial charge >= 0.3 is 6.03 Å². The van der Waals surface area contributed by atoms with Gasteiger partial charge in [-0.1, -0.05) is 13.8 Å². The molecule has 5 heteroatoms. The van der Waals surface area contributed by atoms with Crippen molar-refractivity contribution in [2.75, 3.05) is 12.8 Å². The number of thioether (sulfide) groups is 1. The number of hydrogen-bond donors (Lipinski definition) is 3. The molecule has 1 aliphatic carbocycles. The molecule has 1 rings (SSSR count). The van der Waals surface area contributed by atoms with Crippen LogP contribution in [-0.4, -0.2) is 41.3 Å². The summed E-state index contributed by atoms with van der Waals surface area (Å²) in [6.45, 7) is 4.49. The molecule has 0 heterocycles. The molecule has 18 heavy (non-hydrogen) atoms. The van der Waals surface area contributed by atoms with Gasteiger partial charge in [0.25, 0.3) is 0 Å². The maximum Gasteiger partial charge on any atom is 0.315 e. The first-order valence-electron chi connectivity index (χ1n) is 6.78. The third-order valence-corrected chi connectivity index (χ3v) is 4.64. The SMILES string of the molecule is CSC1CCC(NC(=O)NCCC(O)C(C)C)C1. The highest BCUT2D eigenvalue weighted by molar-refractivity contribution is 7.99. The third-order valence-electron chi connectivity index (χ3n) is 3.55. The lowest BCUT2D eigenvalue weighted by Crippen LogP contribution is -2.42. The van der Waals surface area contributed by atoms with E-state index in [-0.39, 0.29) is 18.1 Å². The lowest BCUT2D eigenvalue weighted by molar-refractivity contribution is 0.116. The molecule has 2 amide bonds. The Morgan fingerprint density at radius 1 is 1.44 bits per heavy atom. The molecule has 3 unspecified atom stereocenters. The van der Waals surface area contributed by atoms with E-state index < -0.39 is 0 Å². The van der Waals surface area contributed by atoms with Crippen molar-refractivity contribution in [2.45, 2.75) is 56.9 Å². The molecule has 0 aromatic rings. The molecule has 106 valence electrons. The fraction of sp³-hybridized carbons (Fsp3) is 0.923. The summed E-state index contributed by atoms with van der Waals surface area (Å²) in [5.74, 6) is 0.243. The van der Waals surface area contributed by atoms with E-state index in [1.165, 1.54) is 6.42 Å². The molecule has 1 fully saturated rings. The molecule has 4 nitrogen and oxygen atoms in total. The molecule has 0 aromatic carbocycles. The molecular weight excluding hydrogens is 248 g/mol. The minimum atomic E-state index is -0.336. The van der Waals surface area contributed by atoms with Crippen molar-refractivity contribution >= 4 is 17.8 Å². The first kappa shape index (κ1) is 15.6. The van der Waals surface area contributed by atoms with Gasteiger partial charge in [0.2, 0.25) is 0 Å². The highest BCUT2D eigenvalue weighted by atomic mass is 32.2. The minimum absolute atomic E-state index is 0.0993. The maximum absolute atomic E-state index is 11.6. The lowest BCUT2D eigenvalue weighted by Gasteiger charge is -2.16. The van der Waals surface area contributed by atoms with Crippen molar-refractivity contribution in [1.82, 2.24) is 10.6 Å². The van der Waals surface area contributed by atoms with Crippen molar-refractivity contribution in [3.8, 4) is 0 Å². The molecule has 0 aromatic heterocycles. The second-order valence-electron chi connectivity index (χ2n) is 5.37. The average Bonchev–Trinajstić information content (AvgIpc) is 2.76. The fourth-order valence-corrected chi connectivity index (χ4v) is 2.99. The van der Waals surface area contributed by atoms with Crippen LogP contribution in [0.25, 0.3) is 0 Å². The highest BCUT2D eigenvalue weighted by Gasteiger charge is 2.24. The van der Waals surface area contributed by atoms with Crippen molar-refractivity contribution in [3.63, 3.8) is 0 Å². The molecule has 0 saturated heterocycles. The van der Waals surface area contributed by atoms with E-state index in [1.54, 1.807) is 0 Å². The van der Waals surface area contributed by atoms with Crippen molar-refractivity contribution < 1.29 is 9.90 Å². The van der Waals surface area contributed by atoms with E-state index in [9.17, 15) is 9.90 Å². The number of rotatable bonds is 6. The Morgan fingerprint density at radius 2 is 2.17 bits per heavy atom. The number of urea groups is 1. The summed E-state index contributed by atoms with van der Waals surface area (Å²) in [7, 11) is 0. The van der Waals surface area contributed by atoms with Crippen LogP contribution < -0.4 is 10.6 Å². The van der Waals surface area contributed by atoms with E-state index in [4.69, 9.17) is 0 Å². The molecule has 3 atom stereocenters. The van der Waals surface area contributed by atoms with Crippen LogP contribution in [0.5, 0.6) is 0 Å². The zero-order valence-electron chi connectivity index (χ0n) is 11.6. The van der Waals surface area contributed by atoms with Gasteiger partial charge in [0.05, 0.1) is 6.10 Å². The summed E-state index contributed by atoms with van der Waals surface area (Å²) in [6, 6.07) is 0.218.